The van der Waals surface area contributed by atoms with E-state index >= 15 is 0 Å². The van der Waals surface area contributed by atoms with E-state index < -0.39 is 0 Å². The fourth-order valence-corrected chi connectivity index (χ4v) is 1.27. The zero-order valence-corrected chi connectivity index (χ0v) is 7.28. The molecule has 0 fully saturated rings. The van der Waals surface area contributed by atoms with Crippen LogP contribution >= 0.6 is 0 Å². The third-order valence-corrected chi connectivity index (χ3v) is 1.88. The number of rotatable bonds is 1. The first-order valence-corrected chi connectivity index (χ1v) is 4.06. The van der Waals surface area contributed by atoms with Crippen LogP contribution in [0.4, 0.5) is 0 Å². The Kier molecular flexibility index (Phi) is 1.60. The minimum atomic E-state index is 0.459. The van der Waals surface area contributed by atoms with Crippen LogP contribution in [0.3, 0.4) is 0 Å². The highest BCUT2D eigenvalue weighted by atomic mass is 15.2. The van der Waals surface area contributed by atoms with Crippen LogP contribution in [0, 0.1) is 0 Å². The highest BCUT2D eigenvalue weighted by molar-refractivity contribution is 5.99. The molecule has 64 valence electrons. The molecule has 1 aromatic rings. The van der Waals surface area contributed by atoms with Crippen molar-refractivity contribution in [1.82, 2.24) is 15.1 Å². The number of nitrogens with zero attached hydrogens (tertiary/aromatic N) is 3. The lowest BCUT2D eigenvalue weighted by atomic mass is 10.3. The number of hydrogen-bond donors (Lipinski definition) is 1. The normalized spacial score (nSPS) is 22.2. The molecule has 0 saturated carbocycles. The monoisotopic (exact) mass is 164 g/mol. The molecule has 1 aliphatic heterocycles. The van der Waals surface area contributed by atoms with E-state index in [0.717, 1.165) is 17.9 Å². The lowest BCUT2D eigenvalue weighted by molar-refractivity contribution is 0.726. The highest BCUT2D eigenvalue weighted by Gasteiger charge is 2.14. The average molecular weight is 164 g/mol. The second-order valence-electron chi connectivity index (χ2n) is 3.14. The van der Waals surface area contributed by atoms with Crippen LogP contribution < -0.4 is 5.32 Å². The first-order valence-electron chi connectivity index (χ1n) is 4.06. The summed E-state index contributed by atoms with van der Waals surface area (Å²) < 4.78 is 1.78. The number of aryl methyl sites for hydroxylation is 1. The van der Waals surface area contributed by atoms with Gasteiger partial charge in [-0.15, -0.1) is 0 Å². The van der Waals surface area contributed by atoms with Crippen molar-refractivity contribution in [2.75, 3.05) is 6.54 Å². The van der Waals surface area contributed by atoms with Crippen LogP contribution in [0.2, 0.25) is 0 Å². The molecule has 4 heteroatoms. The van der Waals surface area contributed by atoms with E-state index in [4.69, 9.17) is 0 Å². The summed E-state index contributed by atoms with van der Waals surface area (Å²) >= 11 is 0. The fraction of sp³-hybridized carbons (Fsp3) is 0.500. The molecule has 0 radical (unpaired) electrons. The summed E-state index contributed by atoms with van der Waals surface area (Å²) in [7, 11) is 1.91. The molecule has 1 atom stereocenters. The molecule has 0 amide bonds. The molecule has 0 bridgehead atoms. The van der Waals surface area contributed by atoms with Gasteiger partial charge in [-0.05, 0) is 6.92 Å². The second-order valence-corrected chi connectivity index (χ2v) is 3.14. The van der Waals surface area contributed by atoms with E-state index in [1.165, 1.54) is 0 Å². The van der Waals surface area contributed by atoms with Gasteiger partial charge < -0.3 is 5.32 Å². The Labute approximate surface area is 71.3 Å². The van der Waals surface area contributed by atoms with Crippen LogP contribution in [-0.2, 0) is 7.05 Å². The predicted octanol–water partition coefficient (Wildman–Crippen LogP) is 0.158. The van der Waals surface area contributed by atoms with E-state index in [-0.39, 0.29) is 0 Å². The van der Waals surface area contributed by atoms with Gasteiger partial charge in [-0.3, -0.25) is 9.67 Å². The number of nitrogens with one attached hydrogen (secondary N) is 1. The highest BCUT2D eigenvalue weighted by Crippen LogP contribution is 2.03. The standard InChI is InChI=1S/C8H12N4/c1-6-3-9-8(11-6)7-4-10-12(2)5-7/h4-6H,3H2,1-2H3,(H,9,11). The van der Waals surface area contributed by atoms with E-state index in [0.29, 0.717) is 6.04 Å². The summed E-state index contributed by atoms with van der Waals surface area (Å²) in [6, 6.07) is 0.459. The van der Waals surface area contributed by atoms with Crippen molar-refractivity contribution in [1.29, 1.82) is 0 Å². The molecule has 0 saturated heterocycles. The lowest BCUT2D eigenvalue weighted by Crippen LogP contribution is -2.27. The van der Waals surface area contributed by atoms with Crippen molar-refractivity contribution in [3.05, 3.63) is 18.0 Å². The molecular weight excluding hydrogens is 152 g/mol. The van der Waals surface area contributed by atoms with Gasteiger partial charge >= 0.3 is 0 Å². The van der Waals surface area contributed by atoms with Crippen LogP contribution in [0.5, 0.6) is 0 Å². The Morgan fingerprint density at radius 1 is 1.67 bits per heavy atom. The van der Waals surface area contributed by atoms with Gasteiger partial charge in [0.1, 0.15) is 5.84 Å². The predicted molar refractivity (Wildman–Crippen MR) is 47.2 cm³/mol. The minimum Gasteiger partial charge on any atom is -0.365 e. The Morgan fingerprint density at radius 2 is 2.50 bits per heavy atom. The molecule has 2 heterocycles. The smallest absolute Gasteiger partial charge is 0.131 e. The zero-order chi connectivity index (χ0) is 8.55. The molecule has 0 aromatic carbocycles. The second kappa shape index (κ2) is 2.62. The summed E-state index contributed by atoms with van der Waals surface area (Å²) in [6.07, 6.45) is 3.79. The van der Waals surface area contributed by atoms with Crippen molar-refractivity contribution in [3.8, 4) is 0 Å². The maximum absolute atomic E-state index is 4.35. The fourth-order valence-electron chi connectivity index (χ4n) is 1.27. The Morgan fingerprint density at radius 3 is 3.00 bits per heavy atom. The molecule has 1 aliphatic rings. The minimum absolute atomic E-state index is 0.459. The zero-order valence-electron chi connectivity index (χ0n) is 7.28. The SMILES string of the molecule is CC1CN=C(c2cnn(C)c2)N1. The third kappa shape index (κ3) is 1.20. The Balaban J connectivity index is 2.21. The third-order valence-electron chi connectivity index (χ3n) is 1.88. The van der Waals surface area contributed by atoms with Gasteiger partial charge in [-0.1, -0.05) is 0 Å². The summed E-state index contributed by atoms with van der Waals surface area (Å²) in [5.74, 6) is 0.968. The van der Waals surface area contributed by atoms with Crippen LogP contribution in [0.25, 0.3) is 0 Å². The molecule has 1 unspecified atom stereocenters. The summed E-state index contributed by atoms with van der Waals surface area (Å²) in [6.45, 7) is 2.98. The van der Waals surface area contributed by atoms with Crippen molar-refractivity contribution in [2.45, 2.75) is 13.0 Å². The number of hydrogen-bond acceptors (Lipinski definition) is 3. The quantitative estimate of drug-likeness (QED) is 0.642. The first-order chi connectivity index (χ1) is 5.75. The van der Waals surface area contributed by atoms with Gasteiger partial charge in [-0.25, -0.2) is 0 Å². The van der Waals surface area contributed by atoms with Crippen LogP contribution in [0.1, 0.15) is 12.5 Å². The van der Waals surface area contributed by atoms with Crippen molar-refractivity contribution in [3.63, 3.8) is 0 Å². The molecule has 0 spiro atoms. The Hall–Kier alpha value is -1.32. The van der Waals surface area contributed by atoms with Crippen LogP contribution in [-0.4, -0.2) is 28.2 Å². The summed E-state index contributed by atoms with van der Waals surface area (Å²) in [4.78, 5) is 4.35. The van der Waals surface area contributed by atoms with Crippen molar-refractivity contribution in [2.24, 2.45) is 12.0 Å². The summed E-state index contributed by atoms with van der Waals surface area (Å²) in [5.41, 5.74) is 1.07. The van der Waals surface area contributed by atoms with Gasteiger partial charge in [0.05, 0.1) is 18.3 Å². The van der Waals surface area contributed by atoms with E-state index in [9.17, 15) is 0 Å². The van der Waals surface area contributed by atoms with Gasteiger partial charge in [0.15, 0.2) is 0 Å². The van der Waals surface area contributed by atoms with Gasteiger partial charge in [-0.2, -0.15) is 5.10 Å². The maximum Gasteiger partial charge on any atom is 0.131 e. The molecule has 2 rings (SSSR count). The van der Waals surface area contributed by atoms with Crippen molar-refractivity contribution < 1.29 is 0 Å². The largest absolute Gasteiger partial charge is 0.365 e. The first kappa shape index (κ1) is 7.34. The molecule has 1 aromatic heterocycles. The van der Waals surface area contributed by atoms with E-state index in [1.807, 2.05) is 19.4 Å². The van der Waals surface area contributed by atoms with Gasteiger partial charge in [0, 0.05) is 19.3 Å². The van der Waals surface area contributed by atoms with Crippen molar-refractivity contribution >= 4 is 5.84 Å². The molecule has 1 N–H and O–H groups in total. The number of aliphatic imine (C=N–C) groups is 1. The molecule has 12 heavy (non-hydrogen) atoms. The Bertz CT molecular complexity index is 313. The number of amidine groups is 1. The lowest BCUT2D eigenvalue weighted by Gasteiger charge is -2.02. The molecule has 4 nitrogen and oxygen atoms in total. The number of aromatic nitrogens is 2. The molecular formula is C8H12N4. The van der Waals surface area contributed by atoms with E-state index in [1.54, 1.807) is 4.68 Å². The van der Waals surface area contributed by atoms with E-state index in [2.05, 4.69) is 22.3 Å². The average Bonchev–Trinajstić information content (AvgIpc) is 2.58. The van der Waals surface area contributed by atoms with Gasteiger partial charge in [0.2, 0.25) is 0 Å². The van der Waals surface area contributed by atoms with Gasteiger partial charge in [0.25, 0.3) is 0 Å². The topological polar surface area (TPSA) is 42.2 Å². The molecule has 0 aliphatic carbocycles. The van der Waals surface area contributed by atoms with Crippen LogP contribution in [0.15, 0.2) is 17.4 Å². The summed E-state index contributed by atoms with van der Waals surface area (Å²) in [5, 5.41) is 7.36. The maximum atomic E-state index is 4.35.